The lowest BCUT2D eigenvalue weighted by molar-refractivity contribution is 0.183. The van der Waals surface area contributed by atoms with E-state index >= 15 is 0 Å². The Hall–Kier alpha value is -3.25. The van der Waals surface area contributed by atoms with Crippen molar-refractivity contribution in [3.8, 4) is 0 Å². The van der Waals surface area contributed by atoms with Crippen molar-refractivity contribution in [2.75, 3.05) is 19.6 Å². The minimum absolute atomic E-state index is 0.0268. The number of fused-ring (bicyclic) bond motifs is 1. The molecule has 0 aliphatic carbocycles. The van der Waals surface area contributed by atoms with Crippen LogP contribution in [-0.2, 0) is 0 Å². The summed E-state index contributed by atoms with van der Waals surface area (Å²) in [7, 11) is 0. The molecule has 0 saturated carbocycles. The SMILES string of the molecule is O=[11c]1[nH]c2ccccc2n1C1CCN(CCCC(c2ccc(F)cc2)c2ccc(F)cc2)CC1. The van der Waals surface area contributed by atoms with Gasteiger partial charge in [0.25, 0.3) is 0 Å². The molecule has 0 bridgehead atoms. The van der Waals surface area contributed by atoms with Crippen LogP contribution in [-0.4, -0.2) is 34.1 Å². The number of nitrogens with one attached hydrogen (secondary N) is 1. The van der Waals surface area contributed by atoms with Crippen molar-refractivity contribution < 1.29 is 8.78 Å². The minimum atomic E-state index is -0.251. The van der Waals surface area contributed by atoms with Gasteiger partial charge in [-0.15, -0.1) is 0 Å². The Labute approximate surface area is 197 Å². The van der Waals surface area contributed by atoms with Gasteiger partial charge in [0.1, 0.15) is 11.6 Å². The van der Waals surface area contributed by atoms with E-state index < -0.39 is 0 Å². The third-order valence-corrected chi connectivity index (χ3v) is 7.06. The van der Waals surface area contributed by atoms with Crippen LogP contribution in [0.15, 0.2) is 77.6 Å². The van der Waals surface area contributed by atoms with Gasteiger partial charge in [0.05, 0.1) is 11.0 Å². The zero-order valence-electron chi connectivity index (χ0n) is 19.1. The molecule has 1 aliphatic rings. The first-order chi connectivity index (χ1) is 16.6. The summed E-state index contributed by atoms with van der Waals surface area (Å²) in [5, 5.41) is 0. The molecule has 0 unspecified atom stereocenters. The normalized spacial score (nSPS) is 15.4. The van der Waals surface area contributed by atoms with Gasteiger partial charge in [-0.2, -0.15) is 0 Å². The molecule has 176 valence electrons. The van der Waals surface area contributed by atoms with E-state index in [9.17, 15) is 13.6 Å². The maximum atomic E-state index is 13.5. The molecule has 1 aromatic heterocycles. The number of nitrogens with zero attached hydrogens (tertiary/aromatic N) is 2. The molecule has 34 heavy (non-hydrogen) atoms. The Kier molecular flexibility index (Phi) is 6.59. The average molecular weight is 461 g/mol. The Bertz CT molecular complexity index is 1240. The van der Waals surface area contributed by atoms with Crippen molar-refractivity contribution in [2.45, 2.75) is 37.6 Å². The van der Waals surface area contributed by atoms with Crippen LogP contribution in [0.1, 0.15) is 48.8 Å². The highest BCUT2D eigenvalue weighted by Gasteiger charge is 2.24. The largest absolute Gasteiger partial charge is 0.326 e. The third kappa shape index (κ3) is 4.82. The standard InChI is InChI=1S/C28H29F2N3O/c29-22-11-7-20(8-12-22)25(21-9-13-23(30)14-10-21)4-3-17-32-18-15-24(16-19-32)33-27-6-2-1-5-26(27)31-28(33)34/h1-2,5-14,24-25H,3-4,15-19H2,(H,31,34)/i28-1. The highest BCUT2D eigenvalue weighted by atomic mass is 19.1. The van der Waals surface area contributed by atoms with Crippen molar-refractivity contribution in [2.24, 2.45) is 0 Å². The highest BCUT2D eigenvalue weighted by Crippen LogP contribution is 2.31. The van der Waals surface area contributed by atoms with Crippen LogP contribution in [0.3, 0.4) is 0 Å². The Morgan fingerprint density at radius 1 is 0.853 bits per heavy atom. The van der Waals surface area contributed by atoms with E-state index in [2.05, 4.69) is 9.88 Å². The fourth-order valence-electron chi connectivity index (χ4n) is 5.27. The summed E-state index contributed by atoms with van der Waals surface area (Å²) >= 11 is 0. The molecule has 5 rings (SSSR count). The summed E-state index contributed by atoms with van der Waals surface area (Å²) in [5.41, 5.74) is 3.94. The second kappa shape index (κ2) is 9.94. The highest BCUT2D eigenvalue weighted by molar-refractivity contribution is 5.75. The Morgan fingerprint density at radius 2 is 1.44 bits per heavy atom. The summed E-state index contributed by atoms with van der Waals surface area (Å²) < 4.78 is 28.9. The van der Waals surface area contributed by atoms with E-state index in [1.807, 2.05) is 53.1 Å². The number of hydrogen-bond acceptors (Lipinski definition) is 2. The number of piperidine rings is 1. The van der Waals surface area contributed by atoms with Gasteiger partial charge in [-0.3, -0.25) is 4.57 Å². The lowest BCUT2D eigenvalue weighted by Gasteiger charge is -2.32. The van der Waals surface area contributed by atoms with Gasteiger partial charge >= 0.3 is 5.69 Å². The lowest BCUT2D eigenvalue weighted by Crippen LogP contribution is -2.37. The molecule has 0 radical (unpaired) electrons. The first-order valence-corrected chi connectivity index (χ1v) is 12.0. The van der Waals surface area contributed by atoms with Gasteiger partial charge in [0.2, 0.25) is 0 Å². The Morgan fingerprint density at radius 3 is 2.06 bits per heavy atom. The van der Waals surface area contributed by atoms with Crippen molar-refractivity contribution in [1.82, 2.24) is 14.5 Å². The third-order valence-electron chi connectivity index (χ3n) is 7.06. The topological polar surface area (TPSA) is 41.0 Å². The second-order valence-electron chi connectivity index (χ2n) is 9.19. The number of imidazole rings is 1. The average Bonchev–Trinajstić information content (AvgIpc) is 3.19. The van der Waals surface area contributed by atoms with Crippen LogP contribution in [0.2, 0.25) is 0 Å². The summed E-state index contributed by atoms with van der Waals surface area (Å²) in [6, 6.07) is 21.3. The molecule has 1 aliphatic heterocycles. The summed E-state index contributed by atoms with van der Waals surface area (Å²) in [5.74, 6) is -0.402. The molecule has 1 fully saturated rings. The number of para-hydroxylation sites is 2. The van der Waals surface area contributed by atoms with Gasteiger partial charge in [0, 0.05) is 25.0 Å². The molecule has 4 aromatic rings. The maximum absolute atomic E-state index is 13.5. The zero-order chi connectivity index (χ0) is 23.5. The van der Waals surface area contributed by atoms with Gasteiger partial charge in [-0.05, 0) is 79.8 Å². The van der Waals surface area contributed by atoms with Gasteiger partial charge in [-0.1, -0.05) is 36.4 Å². The molecule has 1 saturated heterocycles. The van der Waals surface area contributed by atoms with Crippen molar-refractivity contribution in [3.63, 3.8) is 0 Å². The van der Waals surface area contributed by atoms with Crippen LogP contribution in [0.5, 0.6) is 0 Å². The number of halogens is 2. The molecule has 1 N–H and O–H groups in total. The van der Waals surface area contributed by atoms with E-state index in [4.69, 9.17) is 0 Å². The molecular weight excluding hydrogens is 431 g/mol. The number of hydrogen-bond donors (Lipinski definition) is 1. The van der Waals surface area contributed by atoms with Crippen LogP contribution in [0, 0.1) is 11.6 Å². The van der Waals surface area contributed by atoms with E-state index in [0.717, 1.165) is 67.5 Å². The number of rotatable bonds is 7. The van der Waals surface area contributed by atoms with Gasteiger partial charge < -0.3 is 9.88 Å². The molecular formula is C28H29F2N3O. The second-order valence-corrected chi connectivity index (χ2v) is 9.19. The van der Waals surface area contributed by atoms with Crippen molar-refractivity contribution in [1.29, 1.82) is 0 Å². The first kappa shape index (κ1) is 22.5. The van der Waals surface area contributed by atoms with Crippen molar-refractivity contribution >= 4 is 11.0 Å². The quantitative estimate of drug-likeness (QED) is 0.375. The van der Waals surface area contributed by atoms with Crippen LogP contribution in [0.25, 0.3) is 11.0 Å². The van der Waals surface area contributed by atoms with Crippen LogP contribution in [0.4, 0.5) is 8.78 Å². The van der Waals surface area contributed by atoms with Gasteiger partial charge in [-0.25, -0.2) is 13.6 Å². The monoisotopic (exact) mass is 460 g/mol. The van der Waals surface area contributed by atoms with E-state index in [1.165, 1.54) is 24.3 Å². The number of aromatic nitrogens is 2. The number of likely N-dealkylation sites (tertiary alicyclic amines) is 1. The molecule has 3 aromatic carbocycles. The number of H-pyrrole nitrogens is 1. The van der Waals surface area contributed by atoms with E-state index in [1.54, 1.807) is 0 Å². The number of aromatic amines is 1. The van der Waals surface area contributed by atoms with Crippen molar-refractivity contribution in [3.05, 3.63) is 106 Å². The molecule has 4 nitrogen and oxygen atoms in total. The first-order valence-electron chi connectivity index (χ1n) is 12.0. The van der Waals surface area contributed by atoms with E-state index in [-0.39, 0.29) is 29.3 Å². The molecule has 2 heterocycles. The fourth-order valence-corrected chi connectivity index (χ4v) is 5.27. The Balaban J connectivity index is 1.21. The molecule has 0 atom stereocenters. The summed E-state index contributed by atoms with van der Waals surface area (Å²) in [6.45, 7) is 2.87. The fraction of sp³-hybridized carbons (Fsp3) is 0.321. The van der Waals surface area contributed by atoms with Gasteiger partial charge in [0.15, 0.2) is 0 Å². The predicted molar refractivity (Wildman–Crippen MR) is 131 cm³/mol. The molecule has 0 amide bonds. The summed E-state index contributed by atoms with van der Waals surface area (Å²) in [6.07, 6.45) is 3.78. The lowest BCUT2D eigenvalue weighted by atomic mass is 9.87. The number of benzene rings is 3. The molecule has 6 heteroatoms. The van der Waals surface area contributed by atoms with Crippen LogP contribution >= 0.6 is 0 Å². The maximum Gasteiger partial charge on any atom is 0.326 e. The summed E-state index contributed by atoms with van der Waals surface area (Å²) in [4.78, 5) is 18.0. The minimum Gasteiger partial charge on any atom is -0.306 e. The van der Waals surface area contributed by atoms with E-state index in [0.29, 0.717) is 0 Å². The smallest absolute Gasteiger partial charge is 0.306 e. The predicted octanol–water partition coefficient (Wildman–Crippen LogP) is 5.86. The zero-order valence-corrected chi connectivity index (χ0v) is 19.1. The van der Waals surface area contributed by atoms with Crippen LogP contribution < -0.4 is 5.69 Å². The molecule has 0 spiro atoms.